The topological polar surface area (TPSA) is 70.9 Å². The normalized spacial score (nSPS) is 12.5. The third-order valence-electron chi connectivity index (χ3n) is 3.38. The van der Waals surface area contributed by atoms with Gasteiger partial charge in [0.1, 0.15) is 17.2 Å². The van der Waals surface area contributed by atoms with Crippen molar-refractivity contribution >= 4 is 16.9 Å². The van der Waals surface area contributed by atoms with Gasteiger partial charge in [0.05, 0.1) is 6.04 Å². The first kappa shape index (κ1) is 13.4. The van der Waals surface area contributed by atoms with Crippen LogP contribution in [0.15, 0.2) is 35.0 Å². The molecule has 0 radical (unpaired) electrons. The van der Waals surface area contributed by atoms with Crippen LogP contribution >= 0.6 is 0 Å². The van der Waals surface area contributed by atoms with Crippen LogP contribution in [-0.4, -0.2) is 15.9 Å². The number of fused-ring (bicyclic) bond motifs is 1. The molecule has 21 heavy (non-hydrogen) atoms. The van der Waals surface area contributed by atoms with Gasteiger partial charge in [0.2, 0.25) is 0 Å². The molecular formula is C15H14FN3O2. The van der Waals surface area contributed by atoms with Crippen LogP contribution in [0.5, 0.6) is 0 Å². The zero-order valence-corrected chi connectivity index (χ0v) is 11.6. The van der Waals surface area contributed by atoms with E-state index in [0.717, 1.165) is 0 Å². The van der Waals surface area contributed by atoms with Gasteiger partial charge in [-0.3, -0.25) is 4.79 Å². The molecule has 0 saturated carbocycles. The molecule has 6 heteroatoms. The molecule has 0 bridgehead atoms. The van der Waals surface area contributed by atoms with Gasteiger partial charge >= 0.3 is 0 Å². The number of furan rings is 1. The Bertz CT molecular complexity index is 793. The van der Waals surface area contributed by atoms with E-state index in [-0.39, 0.29) is 23.5 Å². The average Bonchev–Trinajstić information content (AvgIpc) is 3.08. The summed E-state index contributed by atoms with van der Waals surface area (Å²) < 4.78 is 18.8. The Morgan fingerprint density at radius 2 is 2.29 bits per heavy atom. The van der Waals surface area contributed by atoms with Crippen LogP contribution in [0.4, 0.5) is 4.39 Å². The number of hydrogen-bond acceptors (Lipinski definition) is 3. The smallest absolute Gasteiger partial charge is 0.287 e. The third-order valence-corrected chi connectivity index (χ3v) is 3.38. The van der Waals surface area contributed by atoms with Crippen LogP contribution in [0.1, 0.15) is 34.9 Å². The molecule has 5 nitrogen and oxygen atoms in total. The number of nitrogens with one attached hydrogen (secondary N) is 2. The molecule has 0 fully saturated rings. The summed E-state index contributed by atoms with van der Waals surface area (Å²) in [6.45, 7) is 3.55. The molecule has 3 aromatic rings. The van der Waals surface area contributed by atoms with E-state index in [4.69, 9.17) is 4.42 Å². The Morgan fingerprint density at radius 3 is 3.00 bits per heavy atom. The predicted octanol–water partition coefficient (Wildman–Crippen LogP) is 3.09. The van der Waals surface area contributed by atoms with Gasteiger partial charge in [-0.1, -0.05) is 0 Å². The van der Waals surface area contributed by atoms with Crippen molar-refractivity contribution in [1.82, 2.24) is 15.3 Å². The van der Waals surface area contributed by atoms with Crippen LogP contribution < -0.4 is 5.32 Å². The van der Waals surface area contributed by atoms with E-state index in [1.165, 1.54) is 18.2 Å². The van der Waals surface area contributed by atoms with Crippen molar-refractivity contribution in [2.24, 2.45) is 0 Å². The van der Waals surface area contributed by atoms with Gasteiger partial charge in [-0.2, -0.15) is 0 Å². The Kier molecular flexibility index (Phi) is 3.21. The lowest BCUT2D eigenvalue weighted by Crippen LogP contribution is -2.27. The first-order valence-corrected chi connectivity index (χ1v) is 6.55. The maximum absolute atomic E-state index is 13.3. The van der Waals surface area contributed by atoms with Crippen molar-refractivity contribution in [2.45, 2.75) is 19.9 Å². The van der Waals surface area contributed by atoms with Crippen molar-refractivity contribution in [3.05, 3.63) is 53.6 Å². The van der Waals surface area contributed by atoms with Crippen LogP contribution in [-0.2, 0) is 0 Å². The number of halogens is 1. The van der Waals surface area contributed by atoms with E-state index in [9.17, 15) is 9.18 Å². The first-order valence-electron chi connectivity index (χ1n) is 6.55. The summed E-state index contributed by atoms with van der Waals surface area (Å²) >= 11 is 0. The van der Waals surface area contributed by atoms with Gasteiger partial charge in [0.25, 0.3) is 5.91 Å². The Labute approximate surface area is 120 Å². The summed E-state index contributed by atoms with van der Waals surface area (Å²) in [4.78, 5) is 19.3. The molecule has 2 heterocycles. The molecule has 0 spiro atoms. The molecule has 1 atom stereocenters. The highest BCUT2D eigenvalue weighted by Gasteiger charge is 2.20. The monoisotopic (exact) mass is 287 g/mol. The lowest BCUT2D eigenvalue weighted by Gasteiger charge is -2.10. The van der Waals surface area contributed by atoms with Crippen molar-refractivity contribution < 1.29 is 13.6 Å². The quantitative estimate of drug-likeness (QED) is 0.777. The van der Waals surface area contributed by atoms with Crippen LogP contribution in [0, 0.1) is 12.7 Å². The van der Waals surface area contributed by atoms with E-state index >= 15 is 0 Å². The molecule has 3 rings (SSSR count). The van der Waals surface area contributed by atoms with E-state index in [1.54, 1.807) is 19.3 Å². The van der Waals surface area contributed by atoms with Crippen LogP contribution in [0.25, 0.3) is 11.0 Å². The minimum Gasteiger partial charge on any atom is -0.451 e. The second-order valence-electron chi connectivity index (χ2n) is 4.87. The number of aromatic amines is 1. The number of benzene rings is 1. The summed E-state index contributed by atoms with van der Waals surface area (Å²) in [5.74, 6) is 0.132. The molecule has 1 aromatic carbocycles. The SMILES string of the molecule is Cc1c(C(=O)NC(C)c2ncc[nH]2)oc2ccc(F)cc12. The summed E-state index contributed by atoms with van der Waals surface area (Å²) in [6, 6.07) is 3.90. The number of H-pyrrole nitrogens is 1. The number of rotatable bonds is 3. The van der Waals surface area contributed by atoms with E-state index in [1.807, 2.05) is 6.92 Å². The highest BCUT2D eigenvalue weighted by atomic mass is 19.1. The van der Waals surface area contributed by atoms with E-state index in [2.05, 4.69) is 15.3 Å². The molecule has 2 aromatic heterocycles. The maximum atomic E-state index is 13.3. The first-order chi connectivity index (χ1) is 10.1. The average molecular weight is 287 g/mol. The van der Waals surface area contributed by atoms with Crippen molar-refractivity contribution in [3.8, 4) is 0 Å². The molecular weight excluding hydrogens is 273 g/mol. The Balaban J connectivity index is 1.89. The van der Waals surface area contributed by atoms with Gasteiger partial charge < -0.3 is 14.7 Å². The zero-order valence-electron chi connectivity index (χ0n) is 11.6. The summed E-state index contributed by atoms with van der Waals surface area (Å²) in [7, 11) is 0. The van der Waals surface area contributed by atoms with Crippen molar-refractivity contribution in [2.75, 3.05) is 0 Å². The second-order valence-corrected chi connectivity index (χ2v) is 4.87. The fourth-order valence-corrected chi connectivity index (χ4v) is 2.25. The number of nitrogens with zero attached hydrogens (tertiary/aromatic N) is 1. The molecule has 1 amide bonds. The number of hydrogen-bond donors (Lipinski definition) is 2. The van der Waals surface area contributed by atoms with E-state index in [0.29, 0.717) is 22.4 Å². The largest absolute Gasteiger partial charge is 0.451 e. The Hall–Kier alpha value is -2.63. The number of carbonyl (C=O) groups excluding carboxylic acids is 1. The highest BCUT2D eigenvalue weighted by molar-refractivity contribution is 5.99. The number of imidazole rings is 1. The van der Waals surface area contributed by atoms with Gasteiger partial charge in [-0.15, -0.1) is 0 Å². The predicted molar refractivity (Wildman–Crippen MR) is 75.4 cm³/mol. The minimum atomic E-state index is -0.359. The van der Waals surface area contributed by atoms with Gasteiger partial charge in [-0.25, -0.2) is 9.37 Å². The second kappa shape index (κ2) is 5.05. The standard InChI is InChI=1S/C15H14FN3O2/c1-8-11-7-10(16)3-4-12(11)21-13(8)15(20)19-9(2)14-17-5-6-18-14/h3-7,9H,1-2H3,(H,17,18)(H,19,20). The fourth-order valence-electron chi connectivity index (χ4n) is 2.25. The van der Waals surface area contributed by atoms with Gasteiger partial charge in [0.15, 0.2) is 5.76 Å². The summed E-state index contributed by atoms with van der Waals surface area (Å²) in [6.07, 6.45) is 3.31. The molecule has 1 unspecified atom stereocenters. The number of aryl methyl sites for hydroxylation is 1. The third kappa shape index (κ3) is 2.40. The number of aromatic nitrogens is 2. The number of carbonyl (C=O) groups is 1. The molecule has 2 N–H and O–H groups in total. The lowest BCUT2D eigenvalue weighted by atomic mass is 10.1. The maximum Gasteiger partial charge on any atom is 0.287 e. The summed E-state index contributed by atoms with van der Waals surface area (Å²) in [5, 5.41) is 3.40. The van der Waals surface area contributed by atoms with Gasteiger partial charge in [0, 0.05) is 23.3 Å². The molecule has 108 valence electrons. The zero-order chi connectivity index (χ0) is 15.0. The van der Waals surface area contributed by atoms with Gasteiger partial charge in [-0.05, 0) is 32.0 Å². The molecule has 0 aliphatic rings. The van der Waals surface area contributed by atoms with Crippen molar-refractivity contribution in [1.29, 1.82) is 0 Å². The fraction of sp³-hybridized carbons (Fsp3) is 0.200. The molecule has 0 saturated heterocycles. The van der Waals surface area contributed by atoms with Crippen molar-refractivity contribution in [3.63, 3.8) is 0 Å². The molecule has 0 aliphatic heterocycles. The van der Waals surface area contributed by atoms with E-state index < -0.39 is 0 Å². The van der Waals surface area contributed by atoms with Crippen LogP contribution in [0.3, 0.4) is 0 Å². The Morgan fingerprint density at radius 1 is 1.48 bits per heavy atom. The summed E-state index contributed by atoms with van der Waals surface area (Å²) in [5.41, 5.74) is 1.11. The highest BCUT2D eigenvalue weighted by Crippen LogP contribution is 2.26. The lowest BCUT2D eigenvalue weighted by molar-refractivity contribution is 0.0911. The van der Waals surface area contributed by atoms with Crippen LogP contribution in [0.2, 0.25) is 0 Å². The molecule has 0 aliphatic carbocycles. The minimum absolute atomic E-state index is 0.189. The number of amides is 1.